The zero-order chi connectivity index (χ0) is 14.8. The van der Waals surface area contributed by atoms with Crippen molar-refractivity contribution in [2.45, 2.75) is 6.54 Å². The Bertz CT molecular complexity index is 781. The van der Waals surface area contributed by atoms with Crippen molar-refractivity contribution >= 4 is 33.9 Å². The highest BCUT2D eigenvalue weighted by atomic mass is 35.5. The van der Waals surface area contributed by atoms with E-state index in [-0.39, 0.29) is 5.69 Å². The first-order chi connectivity index (χ1) is 10.1. The molecule has 0 bridgehead atoms. The number of nitrogens with zero attached hydrogens (tertiary/aromatic N) is 1. The van der Waals surface area contributed by atoms with Crippen LogP contribution in [0.15, 0.2) is 52.9 Å². The maximum absolute atomic E-state index is 11.0. The van der Waals surface area contributed by atoms with Crippen LogP contribution in [-0.2, 0) is 6.54 Å². The molecule has 0 saturated heterocycles. The second kappa shape index (κ2) is 5.46. The van der Waals surface area contributed by atoms with Crippen LogP contribution >= 0.6 is 11.6 Å². The van der Waals surface area contributed by atoms with Crippen molar-refractivity contribution in [3.8, 4) is 0 Å². The standard InChI is InChI=1S/C15H11ClN2O3/c16-11-5-6-14(18(19)20)13(8-11)17-9-12-7-10-3-1-2-4-15(10)21-12/h1-8,17H,9H2. The summed E-state index contributed by atoms with van der Waals surface area (Å²) in [6.07, 6.45) is 0. The summed E-state index contributed by atoms with van der Waals surface area (Å²) in [5.41, 5.74) is 1.14. The molecule has 0 atom stereocenters. The Morgan fingerprint density at radius 2 is 2.00 bits per heavy atom. The lowest BCUT2D eigenvalue weighted by molar-refractivity contribution is -0.384. The first-order valence-corrected chi connectivity index (χ1v) is 6.66. The molecule has 0 amide bonds. The summed E-state index contributed by atoms with van der Waals surface area (Å²) < 4.78 is 5.66. The highest BCUT2D eigenvalue weighted by Crippen LogP contribution is 2.28. The second-order valence-corrected chi connectivity index (χ2v) is 4.96. The molecule has 106 valence electrons. The van der Waals surface area contributed by atoms with E-state index in [1.54, 1.807) is 0 Å². The largest absolute Gasteiger partial charge is 0.459 e. The van der Waals surface area contributed by atoms with Gasteiger partial charge in [-0.15, -0.1) is 0 Å². The molecular formula is C15H11ClN2O3. The van der Waals surface area contributed by atoms with Crippen molar-refractivity contribution in [3.63, 3.8) is 0 Å². The van der Waals surface area contributed by atoms with Crippen LogP contribution in [0.4, 0.5) is 11.4 Å². The number of nitro benzene ring substituents is 1. The van der Waals surface area contributed by atoms with E-state index in [1.807, 2.05) is 30.3 Å². The normalized spacial score (nSPS) is 10.7. The smallest absolute Gasteiger partial charge is 0.292 e. The first-order valence-electron chi connectivity index (χ1n) is 6.29. The van der Waals surface area contributed by atoms with Crippen molar-refractivity contribution in [2.75, 3.05) is 5.32 Å². The zero-order valence-electron chi connectivity index (χ0n) is 10.9. The third-order valence-electron chi connectivity index (χ3n) is 3.08. The number of nitro groups is 1. The Morgan fingerprint density at radius 1 is 1.19 bits per heavy atom. The van der Waals surface area contributed by atoms with E-state index in [4.69, 9.17) is 16.0 Å². The number of nitrogens with one attached hydrogen (secondary N) is 1. The number of benzene rings is 2. The first kappa shape index (κ1) is 13.5. The van der Waals surface area contributed by atoms with E-state index in [1.165, 1.54) is 18.2 Å². The lowest BCUT2D eigenvalue weighted by Gasteiger charge is -2.05. The molecule has 0 aliphatic carbocycles. The van der Waals surface area contributed by atoms with Crippen LogP contribution in [0.25, 0.3) is 11.0 Å². The molecule has 5 nitrogen and oxygen atoms in total. The fourth-order valence-electron chi connectivity index (χ4n) is 2.12. The van der Waals surface area contributed by atoms with Gasteiger partial charge in [-0.25, -0.2) is 0 Å². The molecule has 1 heterocycles. The number of halogens is 1. The maximum atomic E-state index is 11.0. The minimum Gasteiger partial charge on any atom is -0.459 e. The average Bonchev–Trinajstić information content (AvgIpc) is 2.87. The predicted molar refractivity (Wildman–Crippen MR) is 81.6 cm³/mol. The molecule has 6 heteroatoms. The maximum Gasteiger partial charge on any atom is 0.292 e. The molecule has 3 rings (SSSR count). The SMILES string of the molecule is O=[N+]([O-])c1ccc(Cl)cc1NCc1cc2ccccc2o1. The number of rotatable bonds is 4. The van der Waals surface area contributed by atoms with Crippen LogP contribution in [-0.4, -0.2) is 4.92 Å². The van der Waals surface area contributed by atoms with Crippen molar-refractivity contribution in [1.29, 1.82) is 0 Å². The van der Waals surface area contributed by atoms with Gasteiger partial charge in [0, 0.05) is 16.5 Å². The van der Waals surface area contributed by atoms with Crippen molar-refractivity contribution in [1.82, 2.24) is 0 Å². The molecule has 0 spiro atoms. The highest BCUT2D eigenvalue weighted by molar-refractivity contribution is 6.31. The molecule has 0 saturated carbocycles. The van der Waals surface area contributed by atoms with Gasteiger partial charge in [-0.05, 0) is 24.3 Å². The summed E-state index contributed by atoms with van der Waals surface area (Å²) in [5.74, 6) is 0.700. The van der Waals surface area contributed by atoms with Gasteiger partial charge >= 0.3 is 0 Å². The molecule has 0 fully saturated rings. The number of hydrogen-bond acceptors (Lipinski definition) is 4. The van der Waals surface area contributed by atoms with Gasteiger partial charge in [-0.3, -0.25) is 10.1 Å². The van der Waals surface area contributed by atoms with Gasteiger partial charge in [-0.2, -0.15) is 0 Å². The molecule has 1 N–H and O–H groups in total. The van der Waals surface area contributed by atoms with E-state index in [2.05, 4.69) is 5.32 Å². The topological polar surface area (TPSA) is 68.3 Å². The van der Waals surface area contributed by atoms with Gasteiger partial charge in [-0.1, -0.05) is 29.8 Å². The fraction of sp³-hybridized carbons (Fsp3) is 0.0667. The van der Waals surface area contributed by atoms with Crippen molar-refractivity contribution in [2.24, 2.45) is 0 Å². The van der Waals surface area contributed by atoms with Gasteiger partial charge in [0.25, 0.3) is 5.69 Å². The minimum atomic E-state index is -0.447. The van der Waals surface area contributed by atoms with Crippen molar-refractivity contribution in [3.05, 3.63) is 69.4 Å². The Hall–Kier alpha value is -2.53. The number of fused-ring (bicyclic) bond motifs is 1. The lowest BCUT2D eigenvalue weighted by Crippen LogP contribution is -2.01. The minimum absolute atomic E-state index is 0.0180. The number of para-hydroxylation sites is 1. The van der Waals surface area contributed by atoms with Gasteiger partial charge < -0.3 is 9.73 Å². The Morgan fingerprint density at radius 3 is 2.76 bits per heavy atom. The van der Waals surface area contributed by atoms with Crippen LogP contribution in [0.3, 0.4) is 0 Å². The summed E-state index contributed by atoms with van der Waals surface area (Å²) in [6, 6.07) is 13.9. The van der Waals surface area contributed by atoms with E-state index in [9.17, 15) is 10.1 Å². The highest BCUT2D eigenvalue weighted by Gasteiger charge is 2.14. The van der Waals surface area contributed by atoms with Crippen LogP contribution in [0, 0.1) is 10.1 Å². The van der Waals surface area contributed by atoms with E-state index in [0.717, 1.165) is 11.0 Å². The summed E-state index contributed by atoms with van der Waals surface area (Å²) in [6.45, 7) is 0.343. The third kappa shape index (κ3) is 2.83. The summed E-state index contributed by atoms with van der Waals surface area (Å²) >= 11 is 5.88. The van der Waals surface area contributed by atoms with E-state index < -0.39 is 4.92 Å². The van der Waals surface area contributed by atoms with E-state index in [0.29, 0.717) is 23.0 Å². The van der Waals surface area contributed by atoms with Crippen molar-refractivity contribution < 1.29 is 9.34 Å². The molecule has 21 heavy (non-hydrogen) atoms. The van der Waals surface area contributed by atoms with Gasteiger partial charge in [0.2, 0.25) is 0 Å². The molecule has 1 aromatic heterocycles. The lowest BCUT2D eigenvalue weighted by atomic mass is 10.2. The van der Waals surface area contributed by atoms with Gasteiger partial charge in [0.1, 0.15) is 17.0 Å². The van der Waals surface area contributed by atoms with Gasteiger partial charge in [0.15, 0.2) is 0 Å². The summed E-state index contributed by atoms with van der Waals surface area (Å²) in [4.78, 5) is 10.5. The van der Waals surface area contributed by atoms with E-state index >= 15 is 0 Å². The molecular weight excluding hydrogens is 292 g/mol. The molecule has 0 aliphatic heterocycles. The molecule has 0 unspecified atom stereocenters. The molecule has 0 aliphatic rings. The second-order valence-electron chi connectivity index (χ2n) is 4.52. The fourth-order valence-corrected chi connectivity index (χ4v) is 2.29. The Balaban J connectivity index is 1.84. The summed E-state index contributed by atoms with van der Waals surface area (Å²) in [5, 5.41) is 15.4. The monoisotopic (exact) mass is 302 g/mol. The molecule has 3 aromatic rings. The Labute approximate surface area is 125 Å². The van der Waals surface area contributed by atoms with Crippen LogP contribution in [0.1, 0.15) is 5.76 Å². The van der Waals surface area contributed by atoms with Gasteiger partial charge in [0.05, 0.1) is 11.5 Å². The van der Waals surface area contributed by atoms with Crippen LogP contribution < -0.4 is 5.32 Å². The zero-order valence-corrected chi connectivity index (χ0v) is 11.6. The van der Waals surface area contributed by atoms with Crippen LogP contribution in [0.5, 0.6) is 0 Å². The number of furan rings is 1. The Kier molecular flexibility index (Phi) is 3.50. The molecule has 2 aromatic carbocycles. The predicted octanol–water partition coefficient (Wildman–Crippen LogP) is 4.61. The number of anilines is 1. The average molecular weight is 303 g/mol. The van der Waals surface area contributed by atoms with Crippen LogP contribution in [0.2, 0.25) is 5.02 Å². The summed E-state index contributed by atoms with van der Waals surface area (Å²) in [7, 11) is 0. The third-order valence-corrected chi connectivity index (χ3v) is 3.32. The molecule has 0 radical (unpaired) electrons. The quantitative estimate of drug-likeness (QED) is 0.564. The number of hydrogen-bond donors (Lipinski definition) is 1.